The summed E-state index contributed by atoms with van der Waals surface area (Å²) in [4.78, 5) is 3.83. The molecule has 2 N–H and O–H groups in total. The van der Waals surface area contributed by atoms with Crippen molar-refractivity contribution in [2.75, 3.05) is 12.4 Å². The molecule has 1 aromatic carbocycles. The van der Waals surface area contributed by atoms with Gasteiger partial charge in [0.15, 0.2) is 12.5 Å². The van der Waals surface area contributed by atoms with Crippen molar-refractivity contribution in [2.45, 2.75) is 6.18 Å². The lowest BCUT2D eigenvalue weighted by atomic mass is 10.1. The fourth-order valence-electron chi connectivity index (χ4n) is 1.32. The minimum absolute atomic E-state index is 0.0228. The van der Waals surface area contributed by atoms with E-state index < -0.39 is 11.7 Å². The summed E-state index contributed by atoms with van der Waals surface area (Å²) >= 11 is 0. The Bertz CT molecular complexity index is 476. The third-order valence-electron chi connectivity index (χ3n) is 1.99. The molecule has 84 valence electrons. The van der Waals surface area contributed by atoms with E-state index in [1.165, 1.54) is 6.07 Å². The van der Waals surface area contributed by atoms with Gasteiger partial charge in [-0.2, -0.15) is 18.3 Å². The summed E-state index contributed by atoms with van der Waals surface area (Å²) in [6, 6.07) is 3.22. The Kier molecular flexibility index (Phi) is 2.37. The average Bonchev–Trinajstić information content (AvgIpc) is 2.68. The highest BCUT2D eigenvalue weighted by Gasteiger charge is 2.31. The number of amidine groups is 1. The molecule has 16 heavy (non-hydrogen) atoms. The van der Waals surface area contributed by atoms with Gasteiger partial charge in [0.1, 0.15) is 0 Å². The molecule has 0 bridgehead atoms. The van der Waals surface area contributed by atoms with Gasteiger partial charge in [-0.15, -0.1) is 5.11 Å². The van der Waals surface area contributed by atoms with E-state index in [0.29, 0.717) is 0 Å². The lowest BCUT2D eigenvalue weighted by Crippen LogP contribution is -2.08. The highest BCUT2D eigenvalue weighted by Crippen LogP contribution is 2.31. The zero-order chi connectivity index (χ0) is 11.8. The third kappa shape index (κ3) is 2.02. The highest BCUT2D eigenvalue weighted by molar-refractivity contribution is 6.00. The maximum absolute atomic E-state index is 12.5. The molecule has 0 fully saturated rings. The first-order chi connectivity index (χ1) is 7.47. The second-order valence-corrected chi connectivity index (χ2v) is 3.21. The summed E-state index contributed by atoms with van der Waals surface area (Å²) in [7, 11) is 0. The van der Waals surface area contributed by atoms with Gasteiger partial charge >= 0.3 is 6.18 Å². The van der Waals surface area contributed by atoms with Crippen LogP contribution in [0.3, 0.4) is 0 Å². The number of nitrogens with two attached hydrogens (primary N) is 1. The zero-order valence-electron chi connectivity index (χ0n) is 7.99. The summed E-state index contributed by atoms with van der Waals surface area (Å²) < 4.78 is 37.5. The van der Waals surface area contributed by atoms with Crippen molar-refractivity contribution in [3.05, 3.63) is 29.3 Å². The molecular weight excluding hydrogens is 221 g/mol. The lowest BCUT2D eigenvalue weighted by molar-refractivity contribution is -0.137. The van der Waals surface area contributed by atoms with Gasteiger partial charge in [-0.25, -0.2) is 4.99 Å². The van der Waals surface area contributed by atoms with Gasteiger partial charge in [0.05, 0.1) is 5.56 Å². The normalized spacial score (nSPS) is 15.3. The first kappa shape index (κ1) is 10.6. The minimum atomic E-state index is -4.43. The van der Waals surface area contributed by atoms with Crippen molar-refractivity contribution in [3.8, 4) is 0 Å². The van der Waals surface area contributed by atoms with Gasteiger partial charge in [-0.3, -0.25) is 0 Å². The van der Waals surface area contributed by atoms with Crippen LogP contribution in [0, 0.1) is 0 Å². The van der Waals surface area contributed by atoms with Crippen LogP contribution in [0.1, 0.15) is 11.1 Å². The molecule has 1 aromatic rings. The summed E-state index contributed by atoms with van der Waals surface area (Å²) in [5.74, 6) is 0.179. The molecule has 0 saturated heterocycles. The topological polar surface area (TPSA) is 63.1 Å². The molecule has 0 amide bonds. The lowest BCUT2D eigenvalue weighted by Gasteiger charge is -2.09. The largest absolute Gasteiger partial charge is 0.416 e. The Morgan fingerprint density at radius 3 is 2.50 bits per heavy atom. The standard InChI is InChI=1S/C9H7F3N4/c10-9(11,12)6-1-5(2-7(13)3-6)8-14-4-15-16-8/h1-3H,4,13H2. The maximum Gasteiger partial charge on any atom is 0.416 e. The summed E-state index contributed by atoms with van der Waals surface area (Å²) in [6.07, 6.45) is -4.43. The van der Waals surface area contributed by atoms with E-state index in [1.54, 1.807) is 0 Å². The molecule has 0 atom stereocenters. The van der Waals surface area contributed by atoms with Crippen molar-refractivity contribution in [1.29, 1.82) is 0 Å². The molecule has 0 saturated carbocycles. The van der Waals surface area contributed by atoms with E-state index in [2.05, 4.69) is 15.2 Å². The predicted octanol–water partition coefficient (Wildman–Crippen LogP) is 2.46. The van der Waals surface area contributed by atoms with Gasteiger partial charge in [0.25, 0.3) is 0 Å². The number of aliphatic imine (C=N–C) groups is 1. The molecule has 1 aliphatic heterocycles. The number of hydrogen-bond donors (Lipinski definition) is 1. The van der Waals surface area contributed by atoms with Crippen molar-refractivity contribution < 1.29 is 13.2 Å². The van der Waals surface area contributed by atoms with Crippen LogP contribution in [-0.2, 0) is 6.18 Å². The van der Waals surface area contributed by atoms with Crippen molar-refractivity contribution >= 4 is 11.5 Å². The fourth-order valence-corrected chi connectivity index (χ4v) is 1.32. The zero-order valence-corrected chi connectivity index (χ0v) is 7.99. The van der Waals surface area contributed by atoms with E-state index in [4.69, 9.17) is 5.73 Å². The number of hydrogen-bond acceptors (Lipinski definition) is 4. The van der Waals surface area contributed by atoms with E-state index in [1.807, 2.05) is 0 Å². The monoisotopic (exact) mass is 228 g/mol. The molecule has 1 heterocycles. The number of anilines is 1. The molecular formula is C9H7F3N4. The Morgan fingerprint density at radius 2 is 1.94 bits per heavy atom. The van der Waals surface area contributed by atoms with Crippen LogP contribution >= 0.6 is 0 Å². The number of nitrogens with zero attached hydrogens (tertiary/aromatic N) is 3. The van der Waals surface area contributed by atoms with E-state index in [9.17, 15) is 13.2 Å². The maximum atomic E-state index is 12.5. The highest BCUT2D eigenvalue weighted by atomic mass is 19.4. The molecule has 0 unspecified atom stereocenters. The molecule has 7 heteroatoms. The van der Waals surface area contributed by atoms with Crippen LogP contribution in [0.25, 0.3) is 0 Å². The average molecular weight is 228 g/mol. The van der Waals surface area contributed by atoms with Crippen molar-refractivity contribution in [1.82, 2.24) is 0 Å². The Hall–Kier alpha value is -1.92. The summed E-state index contributed by atoms with van der Waals surface area (Å²) in [5.41, 5.74) is 4.84. The number of alkyl halides is 3. The van der Waals surface area contributed by atoms with Crippen LogP contribution in [0.4, 0.5) is 18.9 Å². The molecule has 0 aromatic heterocycles. The van der Waals surface area contributed by atoms with E-state index in [-0.39, 0.29) is 23.8 Å². The summed E-state index contributed by atoms with van der Waals surface area (Å²) in [6.45, 7) is 0.144. The molecule has 0 aliphatic carbocycles. The Balaban J connectivity index is 2.48. The molecule has 0 spiro atoms. The quantitative estimate of drug-likeness (QED) is 0.737. The van der Waals surface area contributed by atoms with Gasteiger partial charge in [-0.05, 0) is 18.2 Å². The SMILES string of the molecule is Nc1cc(C2=NCN=N2)cc(C(F)(F)F)c1. The van der Waals surface area contributed by atoms with Crippen LogP contribution in [0.15, 0.2) is 33.4 Å². The second kappa shape index (κ2) is 3.58. The summed E-state index contributed by atoms with van der Waals surface area (Å²) in [5, 5.41) is 7.18. The molecule has 4 nitrogen and oxygen atoms in total. The Morgan fingerprint density at radius 1 is 1.19 bits per heavy atom. The number of halogens is 3. The number of benzene rings is 1. The minimum Gasteiger partial charge on any atom is -0.399 e. The number of azo groups is 1. The van der Waals surface area contributed by atoms with Crippen LogP contribution in [0.2, 0.25) is 0 Å². The van der Waals surface area contributed by atoms with E-state index in [0.717, 1.165) is 12.1 Å². The van der Waals surface area contributed by atoms with Gasteiger partial charge in [-0.1, -0.05) is 0 Å². The second-order valence-electron chi connectivity index (χ2n) is 3.21. The van der Waals surface area contributed by atoms with Crippen molar-refractivity contribution in [2.24, 2.45) is 15.2 Å². The molecule has 1 aliphatic rings. The van der Waals surface area contributed by atoms with Gasteiger partial charge in [0.2, 0.25) is 0 Å². The van der Waals surface area contributed by atoms with Crippen LogP contribution in [0.5, 0.6) is 0 Å². The first-order valence-corrected chi connectivity index (χ1v) is 4.37. The molecule has 0 radical (unpaired) electrons. The van der Waals surface area contributed by atoms with Crippen LogP contribution in [-0.4, -0.2) is 12.5 Å². The number of nitrogen functional groups attached to an aromatic ring is 1. The third-order valence-corrected chi connectivity index (χ3v) is 1.99. The van der Waals surface area contributed by atoms with E-state index >= 15 is 0 Å². The first-order valence-electron chi connectivity index (χ1n) is 4.37. The fraction of sp³-hybridized carbons (Fsp3) is 0.222. The number of rotatable bonds is 1. The van der Waals surface area contributed by atoms with Crippen molar-refractivity contribution in [3.63, 3.8) is 0 Å². The van der Waals surface area contributed by atoms with Gasteiger partial charge < -0.3 is 5.73 Å². The van der Waals surface area contributed by atoms with Crippen LogP contribution < -0.4 is 5.73 Å². The van der Waals surface area contributed by atoms with Gasteiger partial charge in [0, 0.05) is 11.3 Å². The Labute approximate surface area is 88.7 Å². The molecule has 2 rings (SSSR count). The smallest absolute Gasteiger partial charge is 0.399 e. The predicted molar refractivity (Wildman–Crippen MR) is 52.1 cm³/mol.